The third kappa shape index (κ3) is 3.62. The Hall–Kier alpha value is 0. The van der Waals surface area contributed by atoms with Crippen LogP contribution in [0.1, 0.15) is 131 Å². The highest BCUT2D eigenvalue weighted by Gasteiger charge is 2.60. The van der Waals surface area contributed by atoms with Gasteiger partial charge in [-0.15, -0.1) is 0 Å². The zero-order chi connectivity index (χ0) is 19.1. The quantitative estimate of drug-likeness (QED) is 0.398. The van der Waals surface area contributed by atoms with Gasteiger partial charge < -0.3 is 0 Å². The standard InChI is InChI=1S/C27H48.CH4/c1-5-7-8-9-12-21-14-15-24-22-19-20(6-2)23-13-10-11-17-27(23,4)25(22)16-18-26(21,24)3;/h20-25H,5-19H2,1-4H3;1H4/t20-,21?,22?,23?,24?,25?,26?,27?;/m0./s1. The molecule has 0 amide bonds. The first-order valence-electron chi connectivity index (χ1n) is 13.0. The molecule has 4 saturated carbocycles. The molecule has 0 saturated heterocycles. The lowest BCUT2D eigenvalue weighted by Gasteiger charge is -2.62. The topological polar surface area (TPSA) is 0 Å². The Labute approximate surface area is 178 Å². The average Bonchev–Trinajstić information content (AvgIpc) is 3.00. The molecule has 4 aliphatic rings. The van der Waals surface area contributed by atoms with Gasteiger partial charge in [0.25, 0.3) is 0 Å². The maximum Gasteiger partial charge on any atom is -0.0264 e. The summed E-state index contributed by atoms with van der Waals surface area (Å²) in [5, 5.41) is 0. The number of rotatable bonds is 6. The van der Waals surface area contributed by atoms with Crippen molar-refractivity contribution in [3.63, 3.8) is 0 Å². The van der Waals surface area contributed by atoms with Crippen molar-refractivity contribution in [1.29, 1.82) is 0 Å². The first kappa shape index (κ1) is 22.7. The first-order valence-corrected chi connectivity index (χ1v) is 13.0. The highest BCUT2D eigenvalue weighted by Crippen LogP contribution is 2.69. The van der Waals surface area contributed by atoms with Crippen LogP contribution in [0.25, 0.3) is 0 Å². The molecule has 4 fully saturated rings. The molecule has 0 radical (unpaired) electrons. The summed E-state index contributed by atoms with van der Waals surface area (Å²) in [6.07, 6.45) is 22.9. The number of unbranched alkanes of at least 4 members (excludes halogenated alkanes) is 3. The van der Waals surface area contributed by atoms with Gasteiger partial charge in [-0.25, -0.2) is 0 Å². The van der Waals surface area contributed by atoms with E-state index in [4.69, 9.17) is 0 Å². The van der Waals surface area contributed by atoms with Crippen molar-refractivity contribution in [2.75, 3.05) is 0 Å². The molecule has 0 heterocycles. The molecule has 0 bridgehead atoms. The van der Waals surface area contributed by atoms with Crippen LogP contribution in [0.2, 0.25) is 0 Å². The van der Waals surface area contributed by atoms with Crippen LogP contribution in [0.5, 0.6) is 0 Å². The lowest BCUT2D eigenvalue weighted by molar-refractivity contribution is -0.135. The molecule has 4 rings (SSSR count). The Bertz CT molecular complexity index is 494. The van der Waals surface area contributed by atoms with Crippen LogP contribution in [-0.2, 0) is 0 Å². The molecule has 164 valence electrons. The van der Waals surface area contributed by atoms with Crippen molar-refractivity contribution in [1.82, 2.24) is 0 Å². The Morgan fingerprint density at radius 2 is 1.54 bits per heavy atom. The molecule has 0 nitrogen and oxygen atoms in total. The fraction of sp³-hybridized carbons (Fsp3) is 1.00. The summed E-state index contributed by atoms with van der Waals surface area (Å²) in [4.78, 5) is 0. The predicted molar refractivity (Wildman–Crippen MR) is 124 cm³/mol. The maximum atomic E-state index is 2.76. The van der Waals surface area contributed by atoms with E-state index in [0.29, 0.717) is 10.8 Å². The highest BCUT2D eigenvalue weighted by molar-refractivity contribution is 5.10. The Balaban J connectivity index is 0.00000225. The fourth-order valence-electron chi connectivity index (χ4n) is 9.42. The fourth-order valence-corrected chi connectivity index (χ4v) is 9.42. The molecule has 0 N–H and O–H groups in total. The van der Waals surface area contributed by atoms with Crippen molar-refractivity contribution in [2.24, 2.45) is 46.3 Å². The van der Waals surface area contributed by atoms with Crippen molar-refractivity contribution in [2.45, 2.75) is 131 Å². The van der Waals surface area contributed by atoms with Crippen LogP contribution in [0.15, 0.2) is 0 Å². The lowest BCUT2D eigenvalue weighted by atomic mass is 9.42. The zero-order valence-electron chi connectivity index (χ0n) is 19.1. The van der Waals surface area contributed by atoms with Gasteiger partial charge in [-0.1, -0.05) is 80.1 Å². The first-order chi connectivity index (χ1) is 13.0. The second kappa shape index (κ2) is 9.01. The highest BCUT2D eigenvalue weighted by atomic mass is 14.7. The van der Waals surface area contributed by atoms with Gasteiger partial charge in [0.05, 0.1) is 0 Å². The van der Waals surface area contributed by atoms with Crippen LogP contribution >= 0.6 is 0 Å². The molecule has 0 aromatic carbocycles. The average molecular weight is 389 g/mol. The minimum absolute atomic E-state index is 0. The summed E-state index contributed by atoms with van der Waals surface area (Å²) in [7, 11) is 0. The molecule has 7 unspecified atom stereocenters. The minimum atomic E-state index is 0. The van der Waals surface area contributed by atoms with Gasteiger partial charge in [0, 0.05) is 0 Å². The minimum Gasteiger partial charge on any atom is -0.0776 e. The van der Waals surface area contributed by atoms with Crippen molar-refractivity contribution in [3.8, 4) is 0 Å². The molecule has 4 aliphatic carbocycles. The van der Waals surface area contributed by atoms with Gasteiger partial charge in [0.15, 0.2) is 0 Å². The largest absolute Gasteiger partial charge is 0.0776 e. The van der Waals surface area contributed by atoms with Crippen molar-refractivity contribution >= 4 is 0 Å². The summed E-state index contributed by atoms with van der Waals surface area (Å²) in [6, 6.07) is 0. The van der Waals surface area contributed by atoms with Crippen LogP contribution < -0.4 is 0 Å². The van der Waals surface area contributed by atoms with E-state index in [1.807, 2.05) is 0 Å². The van der Waals surface area contributed by atoms with Crippen LogP contribution in [-0.4, -0.2) is 0 Å². The van der Waals surface area contributed by atoms with Gasteiger partial charge in [0.1, 0.15) is 0 Å². The zero-order valence-corrected chi connectivity index (χ0v) is 19.1. The van der Waals surface area contributed by atoms with Crippen LogP contribution in [0, 0.1) is 46.3 Å². The van der Waals surface area contributed by atoms with E-state index in [0.717, 1.165) is 35.5 Å². The summed E-state index contributed by atoms with van der Waals surface area (Å²) in [6.45, 7) is 10.4. The van der Waals surface area contributed by atoms with Gasteiger partial charge in [-0.3, -0.25) is 0 Å². The third-order valence-electron chi connectivity index (χ3n) is 10.9. The maximum absolute atomic E-state index is 2.76. The van der Waals surface area contributed by atoms with E-state index >= 15 is 0 Å². The SMILES string of the molecule is C.CCCCCCC1CCC2C3C[C@H](CC)C4CCCCC4(C)C3CCC12C. The summed E-state index contributed by atoms with van der Waals surface area (Å²) in [5.41, 5.74) is 1.39. The van der Waals surface area contributed by atoms with Gasteiger partial charge in [0.2, 0.25) is 0 Å². The number of hydrogen-bond donors (Lipinski definition) is 0. The summed E-state index contributed by atoms with van der Waals surface area (Å²) >= 11 is 0. The summed E-state index contributed by atoms with van der Waals surface area (Å²) in [5.74, 6) is 6.38. The third-order valence-corrected chi connectivity index (χ3v) is 10.9. The van der Waals surface area contributed by atoms with E-state index in [2.05, 4.69) is 27.7 Å². The molecule has 28 heavy (non-hydrogen) atoms. The molecular formula is C28H52. The molecular weight excluding hydrogens is 336 g/mol. The van der Waals surface area contributed by atoms with Crippen LogP contribution in [0.4, 0.5) is 0 Å². The van der Waals surface area contributed by atoms with Crippen LogP contribution in [0.3, 0.4) is 0 Å². The Morgan fingerprint density at radius 1 is 0.750 bits per heavy atom. The normalized spacial score (nSPS) is 47.6. The lowest BCUT2D eigenvalue weighted by Crippen LogP contribution is -2.55. The molecule has 0 heteroatoms. The summed E-state index contributed by atoms with van der Waals surface area (Å²) < 4.78 is 0. The van der Waals surface area contributed by atoms with Gasteiger partial charge in [-0.05, 0) is 97.7 Å². The van der Waals surface area contributed by atoms with E-state index in [1.165, 1.54) is 44.9 Å². The van der Waals surface area contributed by atoms with Crippen molar-refractivity contribution < 1.29 is 0 Å². The van der Waals surface area contributed by atoms with Crippen molar-refractivity contribution in [3.05, 3.63) is 0 Å². The second-order valence-electron chi connectivity index (χ2n) is 11.8. The molecule has 8 atom stereocenters. The second-order valence-corrected chi connectivity index (χ2v) is 11.8. The molecule has 0 aromatic rings. The molecule has 0 aliphatic heterocycles. The van der Waals surface area contributed by atoms with Gasteiger partial charge in [-0.2, -0.15) is 0 Å². The Kier molecular flexibility index (Phi) is 7.30. The molecule has 0 spiro atoms. The predicted octanol–water partition coefficient (Wildman–Crippen LogP) is 9.28. The number of fused-ring (bicyclic) bond motifs is 5. The molecule has 0 aromatic heterocycles. The van der Waals surface area contributed by atoms with E-state index < -0.39 is 0 Å². The van der Waals surface area contributed by atoms with Gasteiger partial charge >= 0.3 is 0 Å². The van der Waals surface area contributed by atoms with E-state index in [-0.39, 0.29) is 7.43 Å². The smallest absolute Gasteiger partial charge is 0.0264 e. The Morgan fingerprint density at radius 3 is 2.29 bits per heavy atom. The number of hydrogen-bond acceptors (Lipinski definition) is 0. The monoisotopic (exact) mass is 388 g/mol. The van der Waals surface area contributed by atoms with E-state index in [1.54, 1.807) is 51.4 Å². The van der Waals surface area contributed by atoms with E-state index in [9.17, 15) is 0 Å².